The second-order valence-corrected chi connectivity index (χ2v) is 5.06. The van der Waals surface area contributed by atoms with Gasteiger partial charge in [-0.05, 0) is 18.9 Å². The molecular weight excluding hydrogens is 254 g/mol. The molecule has 0 saturated carbocycles. The summed E-state index contributed by atoms with van der Waals surface area (Å²) in [6.07, 6.45) is 7.14. The molecule has 2 aromatic rings. The van der Waals surface area contributed by atoms with Crippen LogP contribution in [0, 0.1) is 0 Å². The average Bonchev–Trinajstić information content (AvgIpc) is 3.01. The van der Waals surface area contributed by atoms with Crippen molar-refractivity contribution in [1.82, 2.24) is 25.1 Å². The fourth-order valence-electron chi connectivity index (χ4n) is 2.73. The summed E-state index contributed by atoms with van der Waals surface area (Å²) in [7, 11) is 0. The number of aromatic nitrogens is 4. The van der Waals surface area contributed by atoms with Crippen LogP contribution in [-0.4, -0.2) is 44.1 Å². The van der Waals surface area contributed by atoms with Crippen LogP contribution in [0.1, 0.15) is 31.4 Å². The Bertz CT molecular complexity index is 595. The van der Waals surface area contributed by atoms with Gasteiger partial charge in [-0.15, -0.1) is 0 Å². The molecule has 104 valence electrons. The van der Waals surface area contributed by atoms with Crippen LogP contribution in [0.15, 0.2) is 24.7 Å². The van der Waals surface area contributed by atoms with Gasteiger partial charge in [0.05, 0.1) is 11.4 Å². The zero-order valence-electron chi connectivity index (χ0n) is 11.4. The summed E-state index contributed by atoms with van der Waals surface area (Å²) in [5.74, 6) is 0.362. The van der Waals surface area contributed by atoms with Crippen molar-refractivity contribution in [1.29, 1.82) is 0 Å². The molecule has 1 saturated heterocycles. The number of hydrogen-bond acceptors (Lipinski definition) is 4. The maximum Gasteiger partial charge on any atom is 0.219 e. The topological polar surface area (TPSA) is 74.8 Å². The van der Waals surface area contributed by atoms with E-state index in [2.05, 4.69) is 20.2 Å². The number of piperidine rings is 1. The highest BCUT2D eigenvalue weighted by Crippen LogP contribution is 2.30. The van der Waals surface area contributed by atoms with Crippen molar-refractivity contribution in [2.45, 2.75) is 25.7 Å². The van der Waals surface area contributed by atoms with Gasteiger partial charge in [0.15, 0.2) is 0 Å². The molecule has 6 heteroatoms. The van der Waals surface area contributed by atoms with Crippen LogP contribution in [0.4, 0.5) is 0 Å². The fraction of sp³-hybridized carbons (Fsp3) is 0.429. The third-order valence-corrected chi connectivity index (χ3v) is 3.74. The number of amides is 1. The van der Waals surface area contributed by atoms with Crippen molar-refractivity contribution in [3.8, 4) is 11.4 Å². The Hall–Kier alpha value is -2.24. The summed E-state index contributed by atoms with van der Waals surface area (Å²) in [4.78, 5) is 22.4. The number of nitrogens with one attached hydrogen (secondary N) is 1. The third kappa shape index (κ3) is 2.41. The average molecular weight is 271 g/mol. The molecule has 0 unspecified atom stereocenters. The molecule has 1 N–H and O–H groups in total. The maximum absolute atomic E-state index is 11.6. The van der Waals surface area contributed by atoms with E-state index in [1.54, 1.807) is 25.5 Å². The Labute approximate surface area is 117 Å². The minimum absolute atomic E-state index is 0.127. The van der Waals surface area contributed by atoms with Crippen molar-refractivity contribution in [3.63, 3.8) is 0 Å². The minimum Gasteiger partial charge on any atom is -0.342 e. The second kappa shape index (κ2) is 5.40. The first-order chi connectivity index (χ1) is 9.75. The first-order valence-corrected chi connectivity index (χ1v) is 6.82. The minimum atomic E-state index is 0.127. The summed E-state index contributed by atoms with van der Waals surface area (Å²) in [6.45, 7) is 3.18. The van der Waals surface area contributed by atoms with E-state index in [0.717, 1.165) is 43.0 Å². The molecule has 1 amide bonds. The summed E-state index contributed by atoms with van der Waals surface area (Å²) in [5, 5.41) is 6.90. The van der Waals surface area contributed by atoms with E-state index in [1.165, 1.54) is 0 Å². The largest absolute Gasteiger partial charge is 0.342 e. The van der Waals surface area contributed by atoms with Gasteiger partial charge in [0, 0.05) is 44.5 Å². The number of nitrogens with zero attached hydrogens (tertiary/aromatic N) is 4. The third-order valence-electron chi connectivity index (χ3n) is 3.74. The number of hydrogen-bond donors (Lipinski definition) is 1. The summed E-state index contributed by atoms with van der Waals surface area (Å²) >= 11 is 0. The van der Waals surface area contributed by atoms with Crippen molar-refractivity contribution < 1.29 is 4.79 Å². The Balaban J connectivity index is 1.92. The van der Waals surface area contributed by atoms with Gasteiger partial charge in [0.2, 0.25) is 5.91 Å². The van der Waals surface area contributed by atoms with E-state index in [4.69, 9.17) is 0 Å². The molecule has 0 aromatic carbocycles. The van der Waals surface area contributed by atoms with Gasteiger partial charge in [-0.1, -0.05) is 0 Å². The fourth-order valence-corrected chi connectivity index (χ4v) is 2.73. The molecule has 1 fully saturated rings. The Morgan fingerprint density at radius 2 is 2.20 bits per heavy atom. The van der Waals surface area contributed by atoms with Crippen molar-refractivity contribution in [2.75, 3.05) is 13.1 Å². The molecule has 1 aliphatic rings. The van der Waals surface area contributed by atoms with E-state index in [-0.39, 0.29) is 11.8 Å². The lowest BCUT2D eigenvalue weighted by Crippen LogP contribution is -2.38. The zero-order chi connectivity index (χ0) is 13.9. The molecule has 6 nitrogen and oxygen atoms in total. The van der Waals surface area contributed by atoms with Crippen LogP contribution in [0.3, 0.4) is 0 Å². The highest BCUT2D eigenvalue weighted by Gasteiger charge is 2.26. The van der Waals surface area contributed by atoms with Gasteiger partial charge >= 0.3 is 0 Å². The van der Waals surface area contributed by atoms with Crippen molar-refractivity contribution in [2.24, 2.45) is 0 Å². The van der Waals surface area contributed by atoms with Gasteiger partial charge in [-0.2, -0.15) is 5.10 Å². The van der Waals surface area contributed by atoms with Crippen LogP contribution < -0.4 is 0 Å². The zero-order valence-corrected chi connectivity index (χ0v) is 11.4. The molecule has 1 atom stereocenters. The highest BCUT2D eigenvalue weighted by atomic mass is 16.2. The van der Waals surface area contributed by atoms with Crippen molar-refractivity contribution >= 4 is 5.91 Å². The van der Waals surface area contributed by atoms with Crippen molar-refractivity contribution in [3.05, 3.63) is 30.4 Å². The lowest BCUT2D eigenvalue weighted by atomic mass is 9.92. The molecule has 0 aliphatic carbocycles. The Morgan fingerprint density at radius 3 is 2.95 bits per heavy atom. The normalized spacial score (nSPS) is 19.1. The van der Waals surface area contributed by atoms with E-state index in [0.29, 0.717) is 0 Å². The summed E-state index contributed by atoms with van der Waals surface area (Å²) < 4.78 is 0. The van der Waals surface area contributed by atoms with Gasteiger partial charge in [0.25, 0.3) is 0 Å². The molecule has 3 rings (SSSR count). The maximum atomic E-state index is 11.6. The second-order valence-electron chi connectivity index (χ2n) is 5.06. The van der Waals surface area contributed by atoms with Crippen LogP contribution in [0.2, 0.25) is 0 Å². The molecule has 20 heavy (non-hydrogen) atoms. The van der Waals surface area contributed by atoms with Gasteiger partial charge < -0.3 is 4.90 Å². The standard InChI is InChI=1S/C14H17N5O/c1-10(20)19-8-2-3-11(9-19)13-14(16-7-6-15-13)12-4-5-17-18-12/h4-7,11H,2-3,8-9H2,1H3,(H,17,18)/t11-/m0/s1. The summed E-state index contributed by atoms with van der Waals surface area (Å²) in [5.41, 5.74) is 2.65. The first-order valence-electron chi connectivity index (χ1n) is 6.82. The number of aromatic amines is 1. The molecule has 2 aromatic heterocycles. The van der Waals surface area contributed by atoms with Crippen LogP contribution >= 0.6 is 0 Å². The number of likely N-dealkylation sites (tertiary alicyclic amines) is 1. The lowest BCUT2D eigenvalue weighted by Gasteiger charge is -2.32. The van der Waals surface area contributed by atoms with Crippen LogP contribution in [0.25, 0.3) is 11.4 Å². The van der Waals surface area contributed by atoms with Crippen LogP contribution in [-0.2, 0) is 4.79 Å². The molecule has 0 radical (unpaired) electrons. The molecule has 0 spiro atoms. The molecule has 3 heterocycles. The lowest BCUT2D eigenvalue weighted by molar-refractivity contribution is -0.130. The predicted molar refractivity (Wildman–Crippen MR) is 73.8 cm³/mol. The number of carbonyl (C=O) groups excluding carboxylic acids is 1. The quantitative estimate of drug-likeness (QED) is 0.900. The van der Waals surface area contributed by atoms with Crippen LogP contribution in [0.5, 0.6) is 0 Å². The van der Waals surface area contributed by atoms with Gasteiger partial charge in [0.1, 0.15) is 5.69 Å². The first kappa shape index (κ1) is 12.8. The predicted octanol–water partition coefficient (Wildman–Crippen LogP) is 1.59. The Kier molecular flexibility index (Phi) is 3.45. The van der Waals surface area contributed by atoms with E-state index < -0.39 is 0 Å². The summed E-state index contributed by atoms with van der Waals surface area (Å²) in [6, 6.07) is 1.89. The molecule has 1 aliphatic heterocycles. The monoisotopic (exact) mass is 271 g/mol. The number of carbonyl (C=O) groups is 1. The SMILES string of the molecule is CC(=O)N1CCC[C@H](c2nccnc2-c2ccn[nH]2)C1. The number of rotatable bonds is 2. The van der Waals surface area contributed by atoms with Gasteiger partial charge in [-0.3, -0.25) is 19.9 Å². The van der Waals surface area contributed by atoms with Gasteiger partial charge in [-0.25, -0.2) is 0 Å². The van der Waals surface area contributed by atoms with E-state index >= 15 is 0 Å². The number of H-pyrrole nitrogens is 1. The van der Waals surface area contributed by atoms with E-state index in [9.17, 15) is 4.79 Å². The molecule has 0 bridgehead atoms. The van der Waals surface area contributed by atoms with E-state index in [1.807, 2.05) is 11.0 Å². The Morgan fingerprint density at radius 1 is 1.35 bits per heavy atom. The molecular formula is C14H17N5O. The smallest absolute Gasteiger partial charge is 0.219 e. The highest BCUT2D eigenvalue weighted by molar-refractivity contribution is 5.73.